The van der Waals surface area contributed by atoms with Crippen LogP contribution in [0.25, 0.3) is 0 Å². The third kappa shape index (κ3) is 5.94. The summed E-state index contributed by atoms with van der Waals surface area (Å²) < 4.78 is 6.80. The predicted molar refractivity (Wildman–Crippen MR) is 91.2 cm³/mol. The number of hydrogen-bond acceptors (Lipinski definition) is 4. The molecule has 1 aliphatic rings. The SMILES string of the molecule is CNCC(=O)NC1CCN(CCOc2ccc(Br)cc2)CC1. The van der Waals surface area contributed by atoms with E-state index in [2.05, 4.69) is 31.5 Å². The molecule has 5 nitrogen and oxygen atoms in total. The van der Waals surface area contributed by atoms with Crippen molar-refractivity contribution in [1.82, 2.24) is 15.5 Å². The zero-order valence-corrected chi connectivity index (χ0v) is 14.6. The highest BCUT2D eigenvalue weighted by Crippen LogP contribution is 2.16. The van der Waals surface area contributed by atoms with Gasteiger partial charge in [0, 0.05) is 30.1 Å². The number of halogens is 1. The topological polar surface area (TPSA) is 53.6 Å². The standard InChI is InChI=1S/C16H24BrN3O2/c1-18-12-16(21)19-14-6-8-20(9-7-14)10-11-22-15-4-2-13(17)3-5-15/h2-5,14,18H,6-12H2,1H3,(H,19,21). The zero-order chi connectivity index (χ0) is 15.8. The molecule has 0 aliphatic carbocycles. The van der Waals surface area contributed by atoms with E-state index in [-0.39, 0.29) is 5.91 Å². The van der Waals surface area contributed by atoms with Gasteiger partial charge in [-0.2, -0.15) is 0 Å². The molecule has 0 aromatic heterocycles. The summed E-state index contributed by atoms with van der Waals surface area (Å²) in [5.74, 6) is 0.983. The van der Waals surface area contributed by atoms with Gasteiger partial charge in [0.05, 0.1) is 6.54 Å². The summed E-state index contributed by atoms with van der Waals surface area (Å²) in [7, 11) is 1.79. The molecule has 2 N–H and O–H groups in total. The number of piperidine rings is 1. The first-order chi connectivity index (χ1) is 10.7. The fourth-order valence-electron chi connectivity index (χ4n) is 2.56. The van der Waals surface area contributed by atoms with Crippen molar-refractivity contribution in [3.63, 3.8) is 0 Å². The Morgan fingerprint density at radius 1 is 1.32 bits per heavy atom. The van der Waals surface area contributed by atoms with E-state index in [1.165, 1.54) is 0 Å². The van der Waals surface area contributed by atoms with Crippen LogP contribution in [-0.2, 0) is 4.79 Å². The van der Waals surface area contributed by atoms with E-state index >= 15 is 0 Å². The summed E-state index contributed by atoms with van der Waals surface area (Å²) in [6.45, 7) is 4.02. The van der Waals surface area contributed by atoms with Crippen LogP contribution in [0.5, 0.6) is 5.75 Å². The Balaban J connectivity index is 1.61. The van der Waals surface area contributed by atoms with Gasteiger partial charge in [-0.25, -0.2) is 0 Å². The molecular formula is C16H24BrN3O2. The van der Waals surface area contributed by atoms with Crippen LogP contribution < -0.4 is 15.4 Å². The Kier molecular flexibility index (Phi) is 7.15. The Labute approximate surface area is 140 Å². The second kappa shape index (κ2) is 9.12. The number of rotatable bonds is 7. The maximum atomic E-state index is 11.5. The van der Waals surface area contributed by atoms with Crippen molar-refractivity contribution in [3.8, 4) is 5.75 Å². The number of benzene rings is 1. The molecule has 1 fully saturated rings. The molecule has 1 aromatic carbocycles. The number of amides is 1. The molecule has 0 bridgehead atoms. The molecule has 22 heavy (non-hydrogen) atoms. The van der Waals surface area contributed by atoms with Gasteiger partial charge in [-0.15, -0.1) is 0 Å². The van der Waals surface area contributed by atoms with Crippen molar-refractivity contribution in [2.24, 2.45) is 0 Å². The van der Waals surface area contributed by atoms with Crippen LogP contribution >= 0.6 is 15.9 Å². The second-order valence-corrected chi connectivity index (χ2v) is 6.43. The predicted octanol–water partition coefficient (Wildman–Crippen LogP) is 1.63. The van der Waals surface area contributed by atoms with Crippen molar-refractivity contribution < 1.29 is 9.53 Å². The minimum atomic E-state index is 0.0829. The molecule has 0 spiro atoms. The van der Waals surface area contributed by atoms with Gasteiger partial charge in [0.1, 0.15) is 12.4 Å². The number of nitrogens with zero attached hydrogens (tertiary/aromatic N) is 1. The molecule has 0 saturated carbocycles. The van der Waals surface area contributed by atoms with Crippen molar-refractivity contribution in [3.05, 3.63) is 28.7 Å². The Morgan fingerprint density at radius 2 is 2.00 bits per heavy atom. The molecule has 0 unspecified atom stereocenters. The maximum Gasteiger partial charge on any atom is 0.234 e. The van der Waals surface area contributed by atoms with Crippen LogP contribution in [0.2, 0.25) is 0 Å². The van der Waals surface area contributed by atoms with Crippen LogP contribution in [-0.4, -0.2) is 56.7 Å². The van der Waals surface area contributed by atoms with E-state index in [1.54, 1.807) is 7.05 Å². The van der Waals surface area contributed by atoms with E-state index < -0.39 is 0 Å². The van der Waals surface area contributed by atoms with Crippen LogP contribution in [0.15, 0.2) is 28.7 Å². The van der Waals surface area contributed by atoms with Gasteiger partial charge in [0.25, 0.3) is 0 Å². The fourth-order valence-corrected chi connectivity index (χ4v) is 2.83. The second-order valence-electron chi connectivity index (χ2n) is 5.52. The highest BCUT2D eigenvalue weighted by Gasteiger charge is 2.20. The maximum absolute atomic E-state index is 11.5. The largest absolute Gasteiger partial charge is 0.492 e. The minimum Gasteiger partial charge on any atom is -0.492 e. The summed E-state index contributed by atoms with van der Waals surface area (Å²) in [4.78, 5) is 13.9. The monoisotopic (exact) mass is 369 g/mol. The molecule has 122 valence electrons. The Hall–Kier alpha value is -1.11. The number of nitrogens with one attached hydrogen (secondary N) is 2. The average molecular weight is 370 g/mol. The average Bonchev–Trinajstić information content (AvgIpc) is 2.51. The minimum absolute atomic E-state index is 0.0829. The smallest absolute Gasteiger partial charge is 0.234 e. The number of ether oxygens (including phenoxy) is 1. The summed E-state index contributed by atoms with van der Waals surface area (Å²) in [5.41, 5.74) is 0. The van der Waals surface area contributed by atoms with Crippen LogP contribution in [0.3, 0.4) is 0 Å². The lowest BCUT2D eigenvalue weighted by Crippen LogP contribution is -2.47. The first kappa shape index (κ1) is 17.2. The molecule has 6 heteroatoms. The Bertz CT molecular complexity index is 459. The first-order valence-electron chi connectivity index (χ1n) is 7.72. The Morgan fingerprint density at radius 3 is 2.64 bits per heavy atom. The van der Waals surface area contributed by atoms with Crippen molar-refractivity contribution in [1.29, 1.82) is 0 Å². The highest BCUT2D eigenvalue weighted by atomic mass is 79.9. The third-order valence-electron chi connectivity index (χ3n) is 3.78. The summed E-state index contributed by atoms with van der Waals surface area (Å²) >= 11 is 3.41. The first-order valence-corrected chi connectivity index (χ1v) is 8.51. The van der Waals surface area contributed by atoms with E-state index in [4.69, 9.17) is 4.74 Å². The van der Waals surface area contributed by atoms with Gasteiger partial charge in [-0.3, -0.25) is 9.69 Å². The van der Waals surface area contributed by atoms with Crippen molar-refractivity contribution in [2.75, 3.05) is 39.8 Å². The third-order valence-corrected chi connectivity index (χ3v) is 4.31. The van der Waals surface area contributed by atoms with Gasteiger partial charge >= 0.3 is 0 Å². The lowest BCUT2D eigenvalue weighted by atomic mass is 10.1. The van der Waals surface area contributed by atoms with E-state index in [0.29, 0.717) is 19.2 Å². The normalized spacial score (nSPS) is 16.5. The summed E-state index contributed by atoms with van der Waals surface area (Å²) in [6, 6.07) is 8.20. The molecule has 1 heterocycles. The van der Waals surface area contributed by atoms with Crippen LogP contribution in [0.4, 0.5) is 0 Å². The number of carbonyl (C=O) groups excluding carboxylic acids is 1. The molecule has 1 saturated heterocycles. The van der Waals surface area contributed by atoms with Gasteiger partial charge in [-0.1, -0.05) is 15.9 Å². The molecule has 1 amide bonds. The van der Waals surface area contributed by atoms with Gasteiger partial charge < -0.3 is 15.4 Å². The van der Waals surface area contributed by atoms with Gasteiger partial charge in [-0.05, 0) is 44.2 Å². The molecular weight excluding hydrogens is 346 g/mol. The number of carbonyl (C=O) groups is 1. The quantitative estimate of drug-likeness (QED) is 0.766. The lowest BCUT2D eigenvalue weighted by molar-refractivity contribution is -0.121. The summed E-state index contributed by atoms with van der Waals surface area (Å²) in [5, 5.41) is 5.93. The fraction of sp³-hybridized carbons (Fsp3) is 0.562. The molecule has 0 radical (unpaired) electrons. The summed E-state index contributed by atoms with van der Waals surface area (Å²) in [6.07, 6.45) is 2.02. The number of likely N-dealkylation sites (N-methyl/N-ethyl adjacent to an activating group) is 1. The van der Waals surface area contributed by atoms with Gasteiger partial charge in [0.15, 0.2) is 0 Å². The van der Waals surface area contributed by atoms with E-state index in [9.17, 15) is 4.79 Å². The van der Waals surface area contributed by atoms with Crippen LogP contribution in [0.1, 0.15) is 12.8 Å². The van der Waals surface area contributed by atoms with Crippen molar-refractivity contribution >= 4 is 21.8 Å². The van der Waals surface area contributed by atoms with Crippen LogP contribution in [0, 0.1) is 0 Å². The molecule has 2 rings (SSSR count). The molecule has 1 aliphatic heterocycles. The lowest BCUT2D eigenvalue weighted by Gasteiger charge is -2.32. The van der Waals surface area contributed by atoms with Crippen molar-refractivity contribution in [2.45, 2.75) is 18.9 Å². The zero-order valence-electron chi connectivity index (χ0n) is 13.0. The number of likely N-dealkylation sites (tertiary alicyclic amines) is 1. The highest BCUT2D eigenvalue weighted by molar-refractivity contribution is 9.10. The molecule has 1 aromatic rings. The van der Waals surface area contributed by atoms with Gasteiger partial charge in [0.2, 0.25) is 5.91 Å². The van der Waals surface area contributed by atoms with E-state index in [0.717, 1.165) is 42.7 Å². The number of hydrogen-bond donors (Lipinski definition) is 2. The van der Waals surface area contributed by atoms with E-state index in [1.807, 2.05) is 24.3 Å². The molecule has 0 atom stereocenters.